The number of rotatable bonds is 3. The smallest absolute Gasteiger partial charge is 0.390 e. The molecule has 0 radical (unpaired) electrons. The summed E-state index contributed by atoms with van der Waals surface area (Å²) in [7, 11) is 0. The topological polar surface area (TPSA) is 72.8 Å². The molecule has 1 amide bonds. The van der Waals surface area contributed by atoms with Gasteiger partial charge in [-0.15, -0.1) is 0 Å². The predicted molar refractivity (Wildman–Crippen MR) is 113 cm³/mol. The van der Waals surface area contributed by atoms with E-state index in [9.17, 15) is 23.1 Å². The van der Waals surface area contributed by atoms with E-state index >= 15 is 0 Å². The number of amides is 1. The third-order valence-electron chi connectivity index (χ3n) is 5.84. The van der Waals surface area contributed by atoms with Crippen LogP contribution in [0.15, 0.2) is 30.3 Å². The molecule has 2 atom stereocenters. The molecule has 0 bridgehead atoms. The predicted octanol–water partition coefficient (Wildman–Crippen LogP) is 2.46. The number of hydrogen-bond donors (Lipinski definition) is 1. The van der Waals surface area contributed by atoms with Crippen LogP contribution in [0.3, 0.4) is 0 Å². The van der Waals surface area contributed by atoms with Gasteiger partial charge in [0.2, 0.25) is 5.95 Å². The van der Waals surface area contributed by atoms with Crippen LogP contribution in [0.1, 0.15) is 21.7 Å². The van der Waals surface area contributed by atoms with Crippen molar-refractivity contribution in [3.8, 4) is 0 Å². The van der Waals surface area contributed by atoms with Crippen molar-refractivity contribution in [1.29, 1.82) is 0 Å². The third kappa shape index (κ3) is 4.82. The highest BCUT2D eigenvalue weighted by atomic mass is 35.5. The van der Waals surface area contributed by atoms with Gasteiger partial charge < -0.3 is 14.9 Å². The number of benzene rings is 1. The van der Waals surface area contributed by atoms with Crippen LogP contribution in [0.4, 0.5) is 19.1 Å². The lowest BCUT2D eigenvalue weighted by Crippen LogP contribution is -2.54. The van der Waals surface area contributed by atoms with E-state index in [4.69, 9.17) is 11.6 Å². The summed E-state index contributed by atoms with van der Waals surface area (Å²) in [4.78, 5) is 25.9. The van der Waals surface area contributed by atoms with Crippen molar-refractivity contribution in [1.82, 2.24) is 19.8 Å². The zero-order chi connectivity index (χ0) is 23.0. The summed E-state index contributed by atoms with van der Waals surface area (Å²) in [6.45, 7) is 4.03. The number of carbonyl (C=O) groups is 1. The summed E-state index contributed by atoms with van der Waals surface area (Å²) < 4.78 is 39.4. The van der Waals surface area contributed by atoms with Crippen LogP contribution in [0.25, 0.3) is 0 Å². The van der Waals surface area contributed by atoms with Gasteiger partial charge in [0, 0.05) is 55.5 Å². The molecule has 2 aromatic rings. The first kappa shape index (κ1) is 22.8. The molecule has 0 aliphatic carbocycles. The fourth-order valence-corrected chi connectivity index (χ4v) is 4.29. The number of β-amino-alcohol motifs (C(OH)–C–C–N with tert-alkyl or cyclic N) is 1. The molecule has 2 aliphatic heterocycles. The molecule has 1 N–H and O–H groups in total. The zero-order valence-corrected chi connectivity index (χ0v) is 18.1. The van der Waals surface area contributed by atoms with Crippen molar-refractivity contribution in [2.45, 2.75) is 25.2 Å². The first-order chi connectivity index (χ1) is 15.1. The van der Waals surface area contributed by atoms with Crippen LogP contribution in [0, 0.1) is 6.92 Å². The van der Waals surface area contributed by atoms with E-state index in [1.54, 1.807) is 34.1 Å². The number of aromatic nitrogens is 2. The van der Waals surface area contributed by atoms with Crippen LogP contribution >= 0.6 is 11.6 Å². The number of anilines is 1. The van der Waals surface area contributed by atoms with Gasteiger partial charge in [0.05, 0.1) is 12.1 Å². The van der Waals surface area contributed by atoms with Crippen molar-refractivity contribution < 1.29 is 23.1 Å². The van der Waals surface area contributed by atoms with Gasteiger partial charge in [0.15, 0.2) is 0 Å². The summed E-state index contributed by atoms with van der Waals surface area (Å²) in [5.41, 5.74) is -0.214. The molecule has 2 fully saturated rings. The zero-order valence-electron chi connectivity index (χ0n) is 17.4. The SMILES string of the molecule is Cc1cc(C(F)(F)F)nc(N2CC(O)C(N3CCN(C(=O)c4ccc(Cl)cc4)CC3)C2)n1. The highest BCUT2D eigenvalue weighted by molar-refractivity contribution is 6.30. The maximum absolute atomic E-state index is 13.1. The lowest BCUT2D eigenvalue weighted by atomic mass is 10.1. The number of aliphatic hydroxyl groups is 1. The van der Waals surface area contributed by atoms with Crippen LogP contribution in [0.2, 0.25) is 5.02 Å². The maximum atomic E-state index is 13.1. The minimum atomic E-state index is -4.56. The van der Waals surface area contributed by atoms with E-state index in [0.717, 1.165) is 6.07 Å². The van der Waals surface area contributed by atoms with Gasteiger partial charge in [-0.1, -0.05) is 11.6 Å². The highest BCUT2D eigenvalue weighted by Crippen LogP contribution is 2.30. The van der Waals surface area contributed by atoms with Gasteiger partial charge in [-0.05, 0) is 37.3 Å². The first-order valence-electron chi connectivity index (χ1n) is 10.3. The van der Waals surface area contributed by atoms with Gasteiger partial charge in [0.1, 0.15) is 5.69 Å². The number of halogens is 4. The number of aliphatic hydroxyl groups excluding tert-OH is 1. The molecule has 0 saturated carbocycles. The van der Waals surface area contributed by atoms with Gasteiger partial charge >= 0.3 is 6.18 Å². The molecular formula is C21H23ClF3N5O2. The van der Waals surface area contributed by atoms with E-state index in [0.29, 0.717) is 43.3 Å². The Balaban J connectivity index is 1.39. The van der Waals surface area contributed by atoms with E-state index in [2.05, 4.69) is 14.9 Å². The van der Waals surface area contributed by atoms with E-state index in [-0.39, 0.29) is 30.1 Å². The maximum Gasteiger partial charge on any atom is 0.433 e. The van der Waals surface area contributed by atoms with Crippen molar-refractivity contribution in [3.63, 3.8) is 0 Å². The standard InChI is InChI=1S/C21H23ClF3N5O2/c1-13-10-18(21(23,24)25)27-20(26-13)30-11-16(17(31)12-30)28-6-8-29(9-7-28)19(32)14-2-4-15(22)5-3-14/h2-5,10,16-17,31H,6-9,11-12H2,1H3. The Morgan fingerprint density at radius 2 is 1.75 bits per heavy atom. The fraction of sp³-hybridized carbons (Fsp3) is 0.476. The Morgan fingerprint density at radius 1 is 1.09 bits per heavy atom. The van der Waals surface area contributed by atoms with Gasteiger partial charge in [-0.3, -0.25) is 9.69 Å². The summed E-state index contributed by atoms with van der Waals surface area (Å²) in [6, 6.07) is 7.35. The molecule has 7 nitrogen and oxygen atoms in total. The number of nitrogens with zero attached hydrogens (tertiary/aromatic N) is 5. The fourth-order valence-electron chi connectivity index (χ4n) is 4.16. The Labute approximate surface area is 188 Å². The lowest BCUT2D eigenvalue weighted by molar-refractivity contribution is -0.141. The number of hydrogen-bond acceptors (Lipinski definition) is 6. The molecule has 2 aliphatic rings. The van der Waals surface area contributed by atoms with E-state index in [1.807, 2.05) is 0 Å². The van der Waals surface area contributed by atoms with Crippen molar-refractivity contribution in [2.24, 2.45) is 0 Å². The molecule has 3 heterocycles. The van der Waals surface area contributed by atoms with Gasteiger partial charge in [-0.2, -0.15) is 13.2 Å². The molecule has 2 unspecified atom stereocenters. The molecule has 4 rings (SSSR count). The molecule has 32 heavy (non-hydrogen) atoms. The average molecular weight is 470 g/mol. The molecular weight excluding hydrogens is 447 g/mol. The number of alkyl halides is 3. The second kappa shape index (κ2) is 8.84. The van der Waals surface area contributed by atoms with Crippen LogP contribution < -0.4 is 4.90 Å². The normalized spacial score (nSPS) is 22.4. The molecule has 2 saturated heterocycles. The molecule has 1 aromatic carbocycles. The summed E-state index contributed by atoms with van der Waals surface area (Å²) in [5.74, 6) is -0.113. The minimum Gasteiger partial charge on any atom is -0.390 e. The number of aryl methyl sites for hydroxylation is 1. The average Bonchev–Trinajstić information content (AvgIpc) is 3.14. The monoisotopic (exact) mass is 469 g/mol. The Hall–Kier alpha value is -2.43. The molecule has 1 aromatic heterocycles. The molecule has 11 heteroatoms. The van der Waals surface area contributed by atoms with E-state index < -0.39 is 18.0 Å². The van der Waals surface area contributed by atoms with Gasteiger partial charge in [-0.25, -0.2) is 9.97 Å². The van der Waals surface area contributed by atoms with E-state index in [1.165, 1.54) is 6.92 Å². The Morgan fingerprint density at radius 3 is 2.38 bits per heavy atom. The second-order valence-corrected chi connectivity index (χ2v) is 8.50. The lowest BCUT2D eigenvalue weighted by Gasteiger charge is -2.38. The quantitative estimate of drug-likeness (QED) is 0.744. The number of piperazine rings is 1. The van der Waals surface area contributed by atoms with Crippen LogP contribution in [-0.4, -0.2) is 82.2 Å². The van der Waals surface area contributed by atoms with Crippen molar-refractivity contribution in [2.75, 3.05) is 44.2 Å². The van der Waals surface area contributed by atoms with Crippen LogP contribution in [0.5, 0.6) is 0 Å². The summed E-state index contributed by atoms with van der Waals surface area (Å²) >= 11 is 5.88. The van der Waals surface area contributed by atoms with Crippen LogP contribution in [-0.2, 0) is 6.18 Å². The molecule has 0 spiro atoms. The largest absolute Gasteiger partial charge is 0.433 e. The Bertz CT molecular complexity index is 980. The molecule has 172 valence electrons. The van der Waals surface area contributed by atoms with Gasteiger partial charge in [0.25, 0.3) is 5.91 Å². The third-order valence-corrected chi connectivity index (χ3v) is 6.09. The second-order valence-electron chi connectivity index (χ2n) is 8.07. The summed E-state index contributed by atoms with van der Waals surface area (Å²) in [5, 5.41) is 11.2. The van der Waals surface area contributed by atoms with Crippen molar-refractivity contribution >= 4 is 23.5 Å². The minimum absolute atomic E-state index is 0.0320. The number of carbonyl (C=O) groups excluding carboxylic acids is 1. The van der Waals surface area contributed by atoms with Crippen molar-refractivity contribution in [3.05, 3.63) is 52.3 Å². The summed E-state index contributed by atoms with van der Waals surface area (Å²) in [6.07, 6.45) is -5.32. The Kier molecular flexibility index (Phi) is 6.28. The highest BCUT2D eigenvalue weighted by Gasteiger charge is 2.40. The first-order valence-corrected chi connectivity index (χ1v) is 10.6.